The van der Waals surface area contributed by atoms with E-state index in [-0.39, 0.29) is 5.91 Å². The van der Waals surface area contributed by atoms with E-state index in [9.17, 15) is 4.79 Å². The van der Waals surface area contributed by atoms with Gasteiger partial charge < -0.3 is 14.6 Å². The molecule has 1 atom stereocenters. The van der Waals surface area contributed by atoms with Gasteiger partial charge in [0.25, 0.3) is 5.91 Å². The zero-order valence-electron chi connectivity index (χ0n) is 12.5. The summed E-state index contributed by atoms with van der Waals surface area (Å²) in [6.07, 6.45) is 6.34. The number of amides is 1. The lowest BCUT2D eigenvalue weighted by molar-refractivity contribution is -0.128. The van der Waals surface area contributed by atoms with Crippen molar-refractivity contribution < 1.29 is 9.53 Å². The van der Waals surface area contributed by atoms with Crippen molar-refractivity contribution in [3.63, 3.8) is 0 Å². The van der Waals surface area contributed by atoms with Crippen molar-refractivity contribution in [2.75, 3.05) is 6.54 Å². The summed E-state index contributed by atoms with van der Waals surface area (Å²) in [5.41, 5.74) is 0. The van der Waals surface area contributed by atoms with E-state index in [1.807, 2.05) is 17.7 Å². The van der Waals surface area contributed by atoms with Gasteiger partial charge in [0, 0.05) is 30.5 Å². The van der Waals surface area contributed by atoms with Crippen LogP contribution in [-0.4, -0.2) is 28.1 Å². The number of benzene rings is 1. The minimum absolute atomic E-state index is 0.104. The van der Waals surface area contributed by atoms with Crippen LogP contribution in [0.4, 0.5) is 0 Å². The van der Waals surface area contributed by atoms with E-state index in [0.29, 0.717) is 23.7 Å². The van der Waals surface area contributed by atoms with Crippen LogP contribution in [0.1, 0.15) is 19.8 Å². The molecule has 118 valence electrons. The molecule has 0 aliphatic heterocycles. The van der Waals surface area contributed by atoms with Gasteiger partial charge in [0.05, 0.1) is 6.33 Å². The molecule has 1 aromatic carbocycles. The maximum atomic E-state index is 12.1. The highest BCUT2D eigenvalue weighted by molar-refractivity contribution is 6.30. The zero-order chi connectivity index (χ0) is 15.8. The van der Waals surface area contributed by atoms with Crippen LogP contribution in [-0.2, 0) is 11.3 Å². The Morgan fingerprint density at radius 2 is 2.36 bits per heavy atom. The molecule has 1 N–H and O–H groups in total. The number of halogens is 1. The number of hydrogen-bond acceptors (Lipinski definition) is 3. The van der Waals surface area contributed by atoms with Gasteiger partial charge in [-0.2, -0.15) is 0 Å². The number of imidazole rings is 1. The van der Waals surface area contributed by atoms with Crippen molar-refractivity contribution >= 4 is 17.5 Å². The van der Waals surface area contributed by atoms with Gasteiger partial charge in [0.2, 0.25) is 0 Å². The van der Waals surface area contributed by atoms with Crippen LogP contribution in [0.3, 0.4) is 0 Å². The van der Waals surface area contributed by atoms with Crippen LogP contribution in [0.5, 0.6) is 5.75 Å². The summed E-state index contributed by atoms with van der Waals surface area (Å²) in [5, 5.41) is 3.49. The van der Waals surface area contributed by atoms with Crippen LogP contribution in [0.15, 0.2) is 43.0 Å². The van der Waals surface area contributed by atoms with Crippen LogP contribution >= 0.6 is 11.6 Å². The summed E-state index contributed by atoms with van der Waals surface area (Å²) in [4.78, 5) is 16.1. The molecule has 22 heavy (non-hydrogen) atoms. The molecule has 5 nitrogen and oxygen atoms in total. The summed E-state index contributed by atoms with van der Waals surface area (Å²) in [6, 6.07) is 7.07. The lowest BCUT2D eigenvalue weighted by atomic mass is 10.2. The minimum atomic E-state index is -0.508. The van der Waals surface area contributed by atoms with Gasteiger partial charge in [-0.15, -0.1) is 0 Å². The fourth-order valence-electron chi connectivity index (χ4n) is 2.03. The fourth-order valence-corrected chi connectivity index (χ4v) is 2.21. The van der Waals surface area contributed by atoms with E-state index in [1.54, 1.807) is 36.8 Å². The Morgan fingerprint density at radius 3 is 3.05 bits per heavy atom. The number of nitrogens with zero attached hydrogens (tertiary/aromatic N) is 2. The molecule has 0 bridgehead atoms. The monoisotopic (exact) mass is 321 g/mol. The molecule has 0 aliphatic rings. The number of ether oxygens (including phenoxy) is 1. The summed E-state index contributed by atoms with van der Waals surface area (Å²) < 4.78 is 7.68. The molecule has 0 spiro atoms. The first-order valence-corrected chi connectivity index (χ1v) is 7.72. The summed E-state index contributed by atoms with van der Waals surface area (Å²) in [6.45, 7) is 3.35. The highest BCUT2D eigenvalue weighted by atomic mass is 35.5. The first-order valence-electron chi connectivity index (χ1n) is 7.34. The Balaban J connectivity index is 1.76. The number of carbonyl (C=O) groups is 1. The van der Waals surface area contributed by atoms with E-state index >= 15 is 0 Å². The largest absolute Gasteiger partial charge is 0.481 e. The lowest BCUT2D eigenvalue weighted by Crippen LogP contribution is -2.38. The van der Waals surface area contributed by atoms with Crippen molar-refractivity contribution in [2.45, 2.75) is 32.4 Å². The summed E-state index contributed by atoms with van der Waals surface area (Å²) in [5.74, 6) is 0.501. The highest BCUT2D eigenvalue weighted by Crippen LogP contribution is 2.19. The second kappa shape index (κ2) is 8.44. The van der Waals surface area contributed by atoms with Crippen LogP contribution in [0, 0.1) is 0 Å². The number of aromatic nitrogens is 2. The Kier molecular flexibility index (Phi) is 6.27. The second-order valence-corrected chi connectivity index (χ2v) is 5.35. The highest BCUT2D eigenvalue weighted by Gasteiger charge is 2.17. The quantitative estimate of drug-likeness (QED) is 0.761. The fraction of sp³-hybridized carbons (Fsp3) is 0.375. The molecular weight excluding hydrogens is 302 g/mol. The van der Waals surface area contributed by atoms with E-state index in [0.717, 1.165) is 13.0 Å². The van der Waals surface area contributed by atoms with Gasteiger partial charge in [0.15, 0.2) is 6.10 Å². The number of carbonyl (C=O) groups excluding carboxylic acids is 1. The molecule has 6 heteroatoms. The number of rotatable bonds is 8. The van der Waals surface area contributed by atoms with Crippen molar-refractivity contribution in [1.29, 1.82) is 0 Å². The van der Waals surface area contributed by atoms with Gasteiger partial charge >= 0.3 is 0 Å². The molecule has 1 unspecified atom stereocenters. The lowest BCUT2D eigenvalue weighted by Gasteiger charge is -2.17. The first kappa shape index (κ1) is 16.4. The van der Waals surface area contributed by atoms with Gasteiger partial charge in [0.1, 0.15) is 5.75 Å². The van der Waals surface area contributed by atoms with E-state index in [4.69, 9.17) is 16.3 Å². The molecule has 0 saturated heterocycles. The maximum Gasteiger partial charge on any atom is 0.261 e. The zero-order valence-corrected chi connectivity index (χ0v) is 13.3. The van der Waals surface area contributed by atoms with Crippen molar-refractivity contribution in [3.8, 4) is 5.75 Å². The Morgan fingerprint density at radius 1 is 1.50 bits per heavy atom. The van der Waals surface area contributed by atoms with E-state index < -0.39 is 6.10 Å². The van der Waals surface area contributed by atoms with Gasteiger partial charge in [-0.05, 0) is 31.0 Å². The number of nitrogens with one attached hydrogen (secondary N) is 1. The van der Waals surface area contributed by atoms with Crippen LogP contribution in [0.25, 0.3) is 0 Å². The third kappa shape index (κ3) is 5.07. The molecule has 0 aliphatic carbocycles. The van der Waals surface area contributed by atoms with Crippen molar-refractivity contribution in [3.05, 3.63) is 48.0 Å². The molecule has 2 aromatic rings. The molecule has 1 heterocycles. The predicted octanol–water partition coefficient (Wildman–Crippen LogP) is 2.90. The summed E-state index contributed by atoms with van der Waals surface area (Å²) >= 11 is 5.91. The van der Waals surface area contributed by atoms with Gasteiger partial charge in [-0.25, -0.2) is 4.98 Å². The average Bonchev–Trinajstić information content (AvgIpc) is 3.02. The van der Waals surface area contributed by atoms with Crippen molar-refractivity contribution in [2.24, 2.45) is 0 Å². The van der Waals surface area contributed by atoms with Crippen molar-refractivity contribution in [1.82, 2.24) is 14.9 Å². The molecule has 0 saturated carbocycles. The normalized spacial score (nSPS) is 11.9. The standard InChI is InChI=1S/C16H20ClN3O2/c1-2-15(22-14-6-3-5-13(17)11-14)16(21)19-7-4-9-20-10-8-18-12-20/h3,5-6,8,10-12,15H,2,4,7,9H2,1H3,(H,19,21). The van der Waals surface area contributed by atoms with Gasteiger partial charge in [-0.3, -0.25) is 4.79 Å². The Bertz CT molecular complexity index is 587. The SMILES string of the molecule is CCC(Oc1cccc(Cl)c1)C(=O)NCCCn1ccnc1. The molecule has 1 amide bonds. The van der Waals surface area contributed by atoms with Crippen LogP contribution < -0.4 is 10.1 Å². The van der Waals surface area contributed by atoms with Gasteiger partial charge in [-0.1, -0.05) is 24.6 Å². The molecule has 0 radical (unpaired) electrons. The third-order valence-electron chi connectivity index (χ3n) is 3.19. The molecule has 1 aromatic heterocycles. The first-order chi connectivity index (χ1) is 10.7. The molecular formula is C16H20ClN3O2. The smallest absolute Gasteiger partial charge is 0.261 e. The molecule has 0 fully saturated rings. The predicted molar refractivity (Wildman–Crippen MR) is 86.0 cm³/mol. The average molecular weight is 322 g/mol. The topological polar surface area (TPSA) is 56.1 Å². The maximum absolute atomic E-state index is 12.1. The number of hydrogen-bond donors (Lipinski definition) is 1. The van der Waals surface area contributed by atoms with E-state index in [2.05, 4.69) is 10.3 Å². The third-order valence-corrected chi connectivity index (χ3v) is 3.42. The minimum Gasteiger partial charge on any atom is -0.481 e. The van der Waals surface area contributed by atoms with Crippen LogP contribution in [0.2, 0.25) is 5.02 Å². The Hall–Kier alpha value is -2.01. The molecule has 2 rings (SSSR count). The Labute approximate surface area is 135 Å². The van der Waals surface area contributed by atoms with E-state index in [1.165, 1.54) is 0 Å². The second-order valence-electron chi connectivity index (χ2n) is 4.92. The number of aryl methyl sites for hydroxylation is 1. The summed E-state index contributed by atoms with van der Waals surface area (Å²) in [7, 11) is 0.